The molecule has 0 radical (unpaired) electrons. The van der Waals surface area contributed by atoms with Gasteiger partial charge in [0.2, 0.25) is 23.6 Å². The van der Waals surface area contributed by atoms with E-state index in [1.54, 1.807) is 12.1 Å². The molecule has 0 saturated carbocycles. The van der Waals surface area contributed by atoms with E-state index in [1.807, 2.05) is 96.9 Å². The van der Waals surface area contributed by atoms with Crippen molar-refractivity contribution in [2.24, 2.45) is 5.41 Å². The lowest BCUT2D eigenvalue weighted by molar-refractivity contribution is -0.256. The fraction of sp³-hybridized carbons (Fsp3) is 0.778. The van der Waals surface area contributed by atoms with Crippen LogP contribution in [-0.2, 0) is 57.2 Å². The van der Waals surface area contributed by atoms with E-state index in [-0.39, 0.29) is 56.8 Å². The van der Waals surface area contributed by atoms with E-state index in [0.29, 0.717) is 90.9 Å². The van der Waals surface area contributed by atoms with E-state index >= 15 is 0 Å². The van der Waals surface area contributed by atoms with E-state index in [0.717, 1.165) is 0 Å². The van der Waals surface area contributed by atoms with Crippen LogP contribution >= 0.6 is 0 Å². The summed E-state index contributed by atoms with van der Waals surface area (Å²) in [6.07, 6.45) is 9.09. The summed E-state index contributed by atoms with van der Waals surface area (Å²) in [5.41, 5.74) is -4.91. The molecule has 4 amide bonds. The third-order valence-electron chi connectivity index (χ3n) is 12.0. The normalized spacial score (nSPS) is 13.1. The highest BCUT2D eigenvalue weighted by Gasteiger charge is 2.40. The molecule has 0 unspecified atom stereocenters. The third-order valence-corrected chi connectivity index (χ3v) is 12.0. The Morgan fingerprint density at radius 3 is 0.873 bits per heavy atom. The van der Waals surface area contributed by atoms with Gasteiger partial charge in [-0.05, 0) is 166 Å². The second kappa shape index (κ2) is 31.9. The molecule has 0 aliphatic carbocycles. The van der Waals surface area contributed by atoms with Crippen molar-refractivity contribution >= 4 is 23.6 Å². The number of carbonyl (C=O) groups excluding carboxylic acids is 4. The van der Waals surface area contributed by atoms with E-state index in [4.69, 9.17) is 38.0 Å². The lowest BCUT2D eigenvalue weighted by atomic mass is 9.90. The first-order valence-electron chi connectivity index (χ1n) is 25.1. The van der Waals surface area contributed by atoms with Gasteiger partial charge in [0.15, 0.2) is 0 Å². The van der Waals surface area contributed by atoms with Gasteiger partial charge in [0, 0.05) is 33.2 Å². The highest BCUT2D eigenvalue weighted by atomic mass is 16.7. The molecule has 17 nitrogen and oxygen atoms in total. The highest BCUT2D eigenvalue weighted by molar-refractivity contribution is 5.87. The number of carbonyl (C=O) groups is 4. The molecule has 0 heterocycles. The molecule has 0 saturated heterocycles. The first kappa shape index (κ1) is 67.5. The van der Waals surface area contributed by atoms with E-state index in [2.05, 4.69) is 47.6 Å². The van der Waals surface area contributed by atoms with Crippen molar-refractivity contribution in [2.45, 2.75) is 181 Å². The summed E-state index contributed by atoms with van der Waals surface area (Å²) >= 11 is 0. The van der Waals surface area contributed by atoms with Crippen molar-refractivity contribution in [3.05, 3.63) is 50.6 Å². The molecule has 4 N–H and O–H groups in total. The summed E-state index contributed by atoms with van der Waals surface area (Å²) in [7, 11) is 1.80. The molecule has 0 rings (SSSR count). The lowest BCUT2D eigenvalue weighted by Gasteiger charge is -2.41. The Morgan fingerprint density at radius 1 is 0.380 bits per heavy atom. The van der Waals surface area contributed by atoms with Gasteiger partial charge in [-0.2, -0.15) is 5.06 Å². The Labute approximate surface area is 429 Å². The fourth-order valence-corrected chi connectivity index (χ4v) is 6.31. The lowest BCUT2D eigenvalue weighted by Crippen LogP contribution is -2.49. The molecule has 0 aliphatic heterocycles. The smallest absolute Gasteiger partial charge is 0.243 e. The fourth-order valence-electron chi connectivity index (χ4n) is 6.31. The summed E-state index contributed by atoms with van der Waals surface area (Å²) in [4.78, 5) is 53.5. The largest absolute Gasteiger partial charge is 0.375 e. The number of hydroxylamine groups is 2. The molecule has 17 heteroatoms. The zero-order chi connectivity index (χ0) is 54.6. The van der Waals surface area contributed by atoms with Gasteiger partial charge in [-0.3, -0.25) is 24.0 Å². The molecule has 0 aromatic heterocycles. The van der Waals surface area contributed by atoms with E-state index in [9.17, 15) is 19.2 Å². The summed E-state index contributed by atoms with van der Waals surface area (Å²) in [6, 6.07) is 0. The van der Waals surface area contributed by atoms with Crippen molar-refractivity contribution in [3.8, 4) is 0 Å². The molecule has 412 valence electrons. The van der Waals surface area contributed by atoms with Crippen LogP contribution in [0.3, 0.4) is 0 Å². The van der Waals surface area contributed by atoms with Crippen molar-refractivity contribution in [2.75, 3.05) is 86.2 Å². The highest BCUT2D eigenvalue weighted by Crippen LogP contribution is 2.32. The van der Waals surface area contributed by atoms with Gasteiger partial charge in [0.25, 0.3) is 0 Å². The van der Waals surface area contributed by atoms with Crippen LogP contribution in [0.2, 0.25) is 0 Å². The number of hydrogen-bond donors (Lipinski definition) is 4. The second-order valence-electron chi connectivity index (χ2n) is 22.6. The van der Waals surface area contributed by atoms with Crippen LogP contribution in [0.5, 0.6) is 0 Å². The summed E-state index contributed by atoms with van der Waals surface area (Å²) in [5, 5.41) is 12.9. The first-order valence-corrected chi connectivity index (χ1v) is 25.1. The molecule has 71 heavy (non-hydrogen) atoms. The van der Waals surface area contributed by atoms with Crippen LogP contribution in [0.15, 0.2) is 50.6 Å². The molecular formula is C54H99N5O12. The maximum atomic E-state index is 11.8. The molecule has 0 aliphatic rings. The molecular weight excluding hydrogens is 911 g/mol. The summed E-state index contributed by atoms with van der Waals surface area (Å²) < 4.78 is 45.8. The van der Waals surface area contributed by atoms with Gasteiger partial charge < -0.3 is 54.4 Å². The number of nitrogens with one attached hydrogen (secondary N) is 4. The predicted molar refractivity (Wildman–Crippen MR) is 282 cm³/mol. The number of amides is 4. The zero-order valence-electron chi connectivity index (χ0n) is 46.9. The van der Waals surface area contributed by atoms with Gasteiger partial charge in [-0.25, -0.2) is 0 Å². The Kier molecular flexibility index (Phi) is 30.3. The summed E-state index contributed by atoms with van der Waals surface area (Å²) in [6.45, 7) is 45.9. The molecule has 0 atom stereocenters. The quantitative estimate of drug-likeness (QED) is 0.0271. The van der Waals surface area contributed by atoms with E-state index in [1.165, 1.54) is 24.3 Å². The summed E-state index contributed by atoms with van der Waals surface area (Å²) in [5.74, 6) is -0.920. The predicted octanol–water partition coefficient (Wildman–Crippen LogP) is 7.30. The molecule has 0 aromatic carbocycles. The third kappa shape index (κ3) is 34.5. The van der Waals surface area contributed by atoms with Gasteiger partial charge in [0.1, 0.15) is 6.73 Å². The van der Waals surface area contributed by atoms with Crippen molar-refractivity contribution < 1.29 is 57.2 Å². The van der Waals surface area contributed by atoms with E-state index < -0.39 is 44.6 Å². The average molecular weight is 1010 g/mol. The van der Waals surface area contributed by atoms with Gasteiger partial charge in [-0.15, -0.1) is 0 Å². The van der Waals surface area contributed by atoms with Crippen molar-refractivity contribution in [3.63, 3.8) is 0 Å². The number of nitrogens with zero attached hydrogens (tertiary/aromatic N) is 1. The standard InChI is InChI=1S/C54H99N5O12/c1-20-43(60)55-31-24-47(5,6)64-35-28-51(13,14)67-38-54(41-71-59(19)42-70-50(11,12)27-34-58-46(63)23-4,39-68-52(15,16)29-36-65-48(7,8)25-32-56-44(61)21-2)40-69-53(17,18)30-37-66-49(9,10)26-33-57-45(62)22-3/h20-23H,1-4,24-42H2,5-19H3,(H,55,60)(H,56,61)(H,57,62)(H,58,63). The number of rotatable bonds is 43. The van der Waals surface area contributed by atoms with Crippen LogP contribution in [0.1, 0.15) is 142 Å². The van der Waals surface area contributed by atoms with Crippen molar-refractivity contribution in [1.82, 2.24) is 26.3 Å². The average Bonchev–Trinajstić information content (AvgIpc) is 3.26. The van der Waals surface area contributed by atoms with Gasteiger partial charge in [-0.1, -0.05) is 26.3 Å². The minimum Gasteiger partial charge on any atom is -0.375 e. The Hall–Kier alpha value is -3.52. The number of hydrogen-bond acceptors (Lipinski definition) is 13. The second-order valence-corrected chi connectivity index (χ2v) is 22.6. The number of ether oxygens (including phenoxy) is 7. The molecule has 0 fully saturated rings. The monoisotopic (exact) mass is 1010 g/mol. The van der Waals surface area contributed by atoms with Crippen LogP contribution in [0.25, 0.3) is 0 Å². The van der Waals surface area contributed by atoms with Gasteiger partial charge >= 0.3 is 0 Å². The minimum atomic E-state index is -0.874. The maximum absolute atomic E-state index is 11.8. The molecule has 0 aromatic rings. The molecule has 0 bridgehead atoms. The van der Waals surface area contributed by atoms with Crippen LogP contribution in [0.4, 0.5) is 0 Å². The van der Waals surface area contributed by atoms with Gasteiger partial charge in [0.05, 0.1) is 90.9 Å². The Balaban J connectivity index is 6.62. The topological polar surface area (TPSA) is 193 Å². The minimum absolute atomic E-state index is 0.128. The maximum Gasteiger partial charge on any atom is 0.243 e. The zero-order valence-corrected chi connectivity index (χ0v) is 46.9. The Morgan fingerprint density at radius 2 is 0.620 bits per heavy atom. The van der Waals surface area contributed by atoms with Crippen LogP contribution in [0, 0.1) is 5.41 Å². The van der Waals surface area contributed by atoms with Crippen molar-refractivity contribution in [1.29, 1.82) is 0 Å². The first-order chi connectivity index (χ1) is 32.7. The molecule has 0 spiro atoms. The van der Waals surface area contributed by atoms with Crippen LogP contribution in [-0.4, -0.2) is 154 Å². The Bertz CT molecular complexity index is 1500. The SMILES string of the molecule is C=CC(=O)NCCC(C)(C)OCCC(C)(C)OCC(CON(C)COC(C)(C)CCNC(=O)C=C)(COC(C)(C)CCOC(C)(C)CCNC(=O)C=C)COC(C)(C)CCOC(C)(C)CCNC(=O)C=C. The van der Waals surface area contributed by atoms with Crippen LogP contribution < -0.4 is 21.3 Å².